The van der Waals surface area contributed by atoms with Crippen LogP contribution in [0.1, 0.15) is 48.0 Å². The Bertz CT molecular complexity index is 393. The maximum Gasteiger partial charge on any atom is 0.192 e. The van der Waals surface area contributed by atoms with E-state index in [9.17, 15) is 0 Å². The lowest BCUT2D eigenvalue weighted by molar-refractivity contribution is 0.108. The van der Waals surface area contributed by atoms with Gasteiger partial charge >= 0.3 is 0 Å². The molecule has 5 heteroatoms. The molecular weight excluding hydrogens is 431 g/mol. The standard InChI is InChI=1S/C18H39IO2Si2/c1-15(13-19)12-16(21-23(10,11)18(5,6)7)14-20-22(8,9)17(2,3)4/h16H,1,12-14H2,2-11H3/t16-/m0/s1. The van der Waals surface area contributed by atoms with Crippen LogP contribution in [-0.4, -0.2) is 33.8 Å². The second-order valence-electron chi connectivity index (χ2n) is 9.66. The van der Waals surface area contributed by atoms with Gasteiger partial charge in [-0.05, 0) is 42.7 Å². The van der Waals surface area contributed by atoms with Crippen LogP contribution in [0, 0.1) is 0 Å². The van der Waals surface area contributed by atoms with Gasteiger partial charge in [0.25, 0.3) is 0 Å². The molecule has 23 heavy (non-hydrogen) atoms. The predicted molar refractivity (Wildman–Crippen MR) is 118 cm³/mol. The average molecular weight is 471 g/mol. The molecule has 0 unspecified atom stereocenters. The van der Waals surface area contributed by atoms with Crippen LogP contribution in [0.4, 0.5) is 0 Å². The number of hydrogen-bond donors (Lipinski definition) is 0. The topological polar surface area (TPSA) is 18.5 Å². The zero-order valence-corrected chi connectivity index (χ0v) is 21.3. The highest BCUT2D eigenvalue weighted by Crippen LogP contribution is 2.39. The van der Waals surface area contributed by atoms with Crippen molar-refractivity contribution in [3.63, 3.8) is 0 Å². The Hall–Kier alpha value is 0.824. The first-order valence-electron chi connectivity index (χ1n) is 8.58. The SMILES string of the molecule is C=C(CI)C[C@@H](CO[Si](C)(C)C(C)(C)C)O[Si](C)(C)C(C)(C)C. The second-order valence-corrected chi connectivity index (χ2v) is 20.0. The lowest BCUT2D eigenvalue weighted by Crippen LogP contribution is -2.48. The molecule has 0 aliphatic carbocycles. The molecule has 1 atom stereocenters. The van der Waals surface area contributed by atoms with Gasteiger partial charge in [0, 0.05) is 4.43 Å². The van der Waals surface area contributed by atoms with E-state index in [1.54, 1.807) is 0 Å². The smallest absolute Gasteiger partial charge is 0.192 e. The van der Waals surface area contributed by atoms with Crippen LogP contribution < -0.4 is 0 Å². The minimum Gasteiger partial charge on any atom is -0.414 e. The fourth-order valence-electron chi connectivity index (χ4n) is 1.62. The molecule has 0 radical (unpaired) electrons. The van der Waals surface area contributed by atoms with Crippen LogP contribution >= 0.6 is 22.6 Å². The lowest BCUT2D eigenvalue weighted by atomic mass is 10.2. The van der Waals surface area contributed by atoms with Gasteiger partial charge < -0.3 is 8.85 Å². The Labute approximate surface area is 161 Å². The zero-order valence-electron chi connectivity index (χ0n) is 17.1. The summed E-state index contributed by atoms with van der Waals surface area (Å²) in [4.78, 5) is 0. The highest BCUT2D eigenvalue weighted by molar-refractivity contribution is 14.1. The molecule has 0 amide bonds. The molecule has 2 nitrogen and oxygen atoms in total. The number of hydrogen-bond acceptors (Lipinski definition) is 2. The van der Waals surface area contributed by atoms with Crippen molar-refractivity contribution in [1.82, 2.24) is 0 Å². The minimum atomic E-state index is -1.80. The van der Waals surface area contributed by atoms with Crippen molar-refractivity contribution in [2.24, 2.45) is 0 Å². The molecular formula is C18H39IO2Si2. The van der Waals surface area contributed by atoms with Gasteiger partial charge in [-0.1, -0.05) is 76.3 Å². The summed E-state index contributed by atoms with van der Waals surface area (Å²) in [5.41, 5.74) is 1.24. The quantitative estimate of drug-likeness (QED) is 0.168. The molecule has 138 valence electrons. The summed E-state index contributed by atoms with van der Waals surface area (Å²) in [6, 6.07) is 0. The van der Waals surface area contributed by atoms with Crippen LogP contribution in [0.15, 0.2) is 12.2 Å². The van der Waals surface area contributed by atoms with Crippen molar-refractivity contribution < 1.29 is 8.85 Å². The number of halogens is 1. The lowest BCUT2D eigenvalue weighted by Gasteiger charge is -2.41. The van der Waals surface area contributed by atoms with Gasteiger partial charge in [0.1, 0.15) is 0 Å². The summed E-state index contributed by atoms with van der Waals surface area (Å²) in [5.74, 6) is 0. The van der Waals surface area contributed by atoms with Crippen molar-refractivity contribution >= 4 is 39.2 Å². The summed E-state index contributed by atoms with van der Waals surface area (Å²) in [5, 5.41) is 0.447. The van der Waals surface area contributed by atoms with E-state index in [4.69, 9.17) is 8.85 Å². The van der Waals surface area contributed by atoms with Crippen molar-refractivity contribution in [3.05, 3.63) is 12.2 Å². The Morgan fingerprint density at radius 3 is 1.74 bits per heavy atom. The van der Waals surface area contributed by atoms with Gasteiger partial charge in [-0.2, -0.15) is 0 Å². The normalized spacial score (nSPS) is 15.6. The van der Waals surface area contributed by atoms with Crippen molar-refractivity contribution in [2.45, 2.75) is 90.3 Å². The summed E-state index contributed by atoms with van der Waals surface area (Å²) in [6.45, 7) is 27.9. The fraction of sp³-hybridized carbons (Fsp3) is 0.889. The van der Waals surface area contributed by atoms with E-state index < -0.39 is 16.6 Å². The maximum atomic E-state index is 6.65. The van der Waals surface area contributed by atoms with Crippen LogP contribution in [0.2, 0.25) is 36.3 Å². The first-order valence-corrected chi connectivity index (χ1v) is 15.9. The van der Waals surface area contributed by atoms with Crippen LogP contribution in [0.3, 0.4) is 0 Å². The largest absolute Gasteiger partial charge is 0.414 e. The summed E-state index contributed by atoms with van der Waals surface area (Å²) >= 11 is 2.38. The first kappa shape index (κ1) is 23.8. The van der Waals surface area contributed by atoms with Crippen molar-refractivity contribution in [3.8, 4) is 0 Å². The molecule has 0 saturated heterocycles. The molecule has 0 heterocycles. The minimum absolute atomic E-state index is 0.132. The first-order chi connectivity index (χ1) is 10.0. The molecule has 0 aliphatic rings. The number of rotatable bonds is 8. The van der Waals surface area contributed by atoms with Gasteiger partial charge in [-0.3, -0.25) is 0 Å². The molecule has 0 aromatic heterocycles. The Morgan fingerprint density at radius 1 is 0.957 bits per heavy atom. The third-order valence-electron chi connectivity index (χ3n) is 5.41. The Kier molecular flexibility index (Phi) is 8.77. The summed E-state index contributed by atoms with van der Waals surface area (Å²) in [6.07, 6.45) is 1.04. The van der Waals surface area contributed by atoms with Crippen LogP contribution in [-0.2, 0) is 8.85 Å². The Morgan fingerprint density at radius 2 is 1.39 bits per heavy atom. The van der Waals surface area contributed by atoms with E-state index in [0.29, 0.717) is 6.61 Å². The molecule has 0 bridgehead atoms. The van der Waals surface area contributed by atoms with Crippen molar-refractivity contribution in [1.29, 1.82) is 0 Å². The molecule has 0 aromatic carbocycles. The molecule has 0 rings (SSSR count). The van der Waals surface area contributed by atoms with E-state index >= 15 is 0 Å². The average Bonchev–Trinajstić information content (AvgIpc) is 2.32. The van der Waals surface area contributed by atoms with Crippen LogP contribution in [0.25, 0.3) is 0 Å². The molecule has 0 aliphatic heterocycles. The molecule has 0 fully saturated rings. The van der Waals surface area contributed by atoms with Gasteiger partial charge in [0.05, 0.1) is 12.7 Å². The van der Waals surface area contributed by atoms with Gasteiger partial charge in [-0.25, -0.2) is 0 Å². The van der Waals surface area contributed by atoms with Crippen molar-refractivity contribution in [2.75, 3.05) is 11.0 Å². The predicted octanol–water partition coefficient (Wildman–Crippen LogP) is 6.78. The molecule has 0 saturated carbocycles. The van der Waals surface area contributed by atoms with Gasteiger partial charge in [-0.15, -0.1) is 0 Å². The van der Waals surface area contributed by atoms with Gasteiger partial charge in [0.2, 0.25) is 0 Å². The highest BCUT2D eigenvalue weighted by Gasteiger charge is 2.41. The second kappa shape index (κ2) is 8.47. The Balaban J connectivity index is 5.08. The molecule has 0 aromatic rings. The maximum absolute atomic E-state index is 6.65. The third-order valence-corrected chi connectivity index (χ3v) is 15.5. The molecule has 0 spiro atoms. The zero-order chi connectivity index (χ0) is 18.7. The van der Waals surface area contributed by atoms with E-state index in [0.717, 1.165) is 10.8 Å². The summed E-state index contributed by atoms with van der Waals surface area (Å²) < 4.78 is 14.1. The third kappa shape index (κ3) is 7.71. The van der Waals surface area contributed by atoms with E-state index in [2.05, 4.69) is 96.9 Å². The number of alkyl halides is 1. The van der Waals surface area contributed by atoms with E-state index in [1.165, 1.54) is 5.57 Å². The van der Waals surface area contributed by atoms with Gasteiger partial charge in [0.15, 0.2) is 16.6 Å². The highest BCUT2D eigenvalue weighted by atomic mass is 127. The van der Waals surface area contributed by atoms with E-state index in [-0.39, 0.29) is 16.2 Å². The van der Waals surface area contributed by atoms with Crippen LogP contribution in [0.5, 0.6) is 0 Å². The monoisotopic (exact) mass is 470 g/mol. The summed E-state index contributed by atoms with van der Waals surface area (Å²) in [7, 11) is -3.54. The van der Waals surface area contributed by atoms with E-state index in [1.807, 2.05) is 0 Å². The fourth-order valence-corrected chi connectivity index (χ4v) is 4.31. The molecule has 0 N–H and O–H groups in total.